The van der Waals surface area contributed by atoms with Crippen LogP contribution in [0.4, 0.5) is 0 Å². The summed E-state index contributed by atoms with van der Waals surface area (Å²) in [6.45, 7) is 1.81. The van der Waals surface area contributed by atoms with Gasteiger partial charge in [-0.25, -0.2) is 0 Å². The maximum absolute atomic E-state index is 11.9. The van der Waals surface area contributed by atoms with Crippen LogP contribution in [0, 0.1) is 6.92 Å². The minimum atomic E-state index is -0.346. The van der Waals surface area contributed by atoms with Gasteiger partial charge in [-0.1, -0.05) is 0 Å². The second-order valence-electron chi connectivity index (χ2n) is 4.39. The summed E-state index contributed by atoms with van der Waals surface area (Å²) in [5.74, 6) is -0.157. The van der Waals surface area contributed by atoms with Crippen molar-refractivity contribution in [3.8, 4) is 5.75 Å². The Hall–Kier alpha value is -1.77. The molecule has 0 aromatic heterocycles. The third-order valence-electron chi connectivity index (χ3n) is 2.93. The van der Waals surface area contributed by atoms with E-state index >= 15 is 0 Å². The predicted octanol–water partition coefficient (Wildman–Crippen LogP) is 2.02. The number of esters is 1. The second kappa shape index (κ2) is 6.60. The van der Waals surface area contributed by atoms with Crippen LogP contribution < -0.4 is 4.46 Å². The molecular formula is C16H16O3Se. The zero-order valence-electron chi connectivity index (χ0n) is 11.4. The molecule has 0 aliphatic heterocycles. The maximum atomic E-state index is 11.9. The number of hydrogen-bond donors (Lipinski definition) is 1. The molecule has 0 aliphatic rings. The molecule has 4 heteroatoms. The summed E-state index contributed by atoms with van der Waals surface area (Å²) in [7, 11) is 1.38. The van der Waals surface area contributed by atoms with Crippen LogP contribution in [-0.4, -0.2) is 33.1 Å². The molecule has 3 nitrogen and oxygen atoms in total. The van der Waals surface area contributed by atoms with Crippen molar-refractivity contribution in [3.05, 3.63) is 59.2 Å². The molecule has 0 saturated carbocycles. The molecule has 2 rings (SSSR count). The molecule has 0 heterocycles. The molecule has 104 valence electrons. The summed E-state index contributed by atoms with van der Waals surface area (Å²) in [4.78, 5) is 11.9. The zero-order chi connectivity index (χ0) is 14.5. The molecule has 0 spiro atoms. The van der Waals surface area contributed by atoms with E-state index in [1.54, 1.807) is 12.1 Å². The number of phenols is 1. The molecule has 1 N–H and O–H groups in total. The van der Waals surface area contributed by atoms with Crippen LogP contribution in [0.15, 0.2) is 42.5 Å². The first-order valence-electron chi connectivity index (χ1n) is 6.20. The van der Waals surface area contributed by atoms with E-state index in [2.05, 4.69) is 12.1 Å². The fourth-order valence-electron chi connectivity index (χ4n) is 2.03. The topological polar surface area (TPSA) is 46.5 Å². The van der Waals surface area contributed by atoms with Gasteiger partial charge in [-0.15, -0.1) is 0 Å². The van der Waals surface area contributed by atoms with E-state index in [1.165, 1.54) is 11.6 Å². The molecule has 0 fully saturated rings. The Bertz CT molecular complexity index is 609. The Morgan fingerprint density at radius 3 is 2.60 bits per heavy atom. The van der Waals surface area contributed by atoms with Gasteiger partial charge in [-0.3, -0.25) is 0 Å². The molecule has 0 amide bonds. The number of methoxy groups -OCH3 is 1. The average molecular weight is 335 g/mol. The quantitative estimate of drug-likeness (QED) is 0.687. The monoisotopic (exact) mass is 336 g/mol. The number of phenolic OH excluding ortho intramolecular Hbond substituents is 1. The van der Waals surface area contributed by atoms with E-state index in [1.807, 2.05) is 25.1 Å². The number of hydrogen-bond acceptors (Lipinski definition) is 3. The molecular weight excluding hydrogens is 319 g/mol. The van der Waals surface area contributed by atoms with Crippen molar-refractivity contribution in [2.24, 2.45) is 0 Å². The van der Waals surface area contributed by atoms with Gasteiger partial charge in [0.1, 0.15) is 0 Å². The van der Waals surface area contributed by atoms with Crippen LogP contribution in [0.1, 0.15) is 21.5 Å². The summed E-state index contributed by atoms with van der Waals surface area (Å²) < 4.78 is 6.10. The first-order valence-corrected chi connectivity index (χ1v) is 8.27. The normalized spacial score (nSPS) is 10.3. The number of benzene rings is 2. The van der Waals surface area contributed by atoms with Crippen LogP contribution >= 0.6 is 0 Å². The molecule has 2 aromatic rings. The van der Waals surface area contributed by atoms with Gasteiger partial charge in [0.25, 0.3) is 0 Å². The van der Waals surface area contributed by atoms with Crippen molar-refractivity contribution in [2.45, 2.75) is 12.2 Å². The Kier molecular flexibility index (Phi) is 4.83. The van der Waals surface area contributed by atoms with Gasteiger partial charge < -0.3 is 0 Å². The van der Waals surface area contributed by atoms with E-state index in [4.69, 9.17) is 4.74 Å². The van der Waals surface area contributed by atoms with Crippen molar-refractivity contribution in [1.82, 2.24) is 0 Å². The molecule has 0 radical (unpaired) electrons. The van der Waals surface area contributed by atoms with Crippen LogP contribution in [0.5, 0.6) is 5.75 Å². The van der Waals surface area contributed by atoms with Gasteiger partial charge >= 0.3 is 124 Å². The Balaban J connectivity index is 2.28. The first-order chi connectivity index (χ1) is 9.61. The SMILES string of the molecule is COC(=O)c1c(C)cc(O)cc1C[Se]c1ccccc1. The predicted molar refractivity (Wildman–Crippen MR) is 79.7 cm³/mol. The van der Waals surface area contributed by atoms with Crippen molar-refractivity contribution >= 4 is 25.4 Å². The van der Waals surface area contributed by atoms with Crippen LogP contribution in [-0.2, 0) is 10.1 Å². The Morgan fingerprint density at radius 1 is 1.25 bits per heavy atom. The van der Waals surface area contributed by atoms with E-state index < -0.39 is 0 Å². The van der Waals surface area contributed by atoms with E-state index in [0.717, 1.165) is 16.4 Å². The summed E-state index contributed by atoms with van der Waals surface area (Å²) in [6, 6.07) is 13.4. The number of ether oxygens (including phenoxy) is 1. The van der Waals surface area contributed by atoms with E-state index in [0.29, 0.717) is 5.56 Å². The zero-order valence-corrected chi connectivity index (χ0v) is 13.1. The van der Waals surface area contributed by atoms with Crippen molar-refractivity contribution in [1.29, 1.82) is 0 Å². The van der Waals surface area contributed by atoms with Crippen molar-refractivity contribution < 1.29 is 14.6 Å². The number of aryl methyl sites for hydroxylation is 1. The van der Waals surface area contributed by atoms with Crippen LogP contribution in [0.3, 0.4) is 0 Å². The molecule has 0 atom stereocenters. The minimum absolute atomic E-state index is 0.189. The number of rotatable bonds is 4. The second-order valence-corrected chi connectivity index (χ2v) is 6.59. The standard InChI is InChI=1S/C16H16O3Se/c1-11-8-13(17)9-12(15(11)16(18)19-2)10-20-14-6-4-3-5-7-14/h3-9,17H,10H2,1-2H3. The fraction of sp³-hybridized carbons (Fsp3) is 0.188. The summed E-state index contributed by atoms with van der Waals surface area (Å²) in [5.41, 5.74) is 2.16. The van der Waals surface area contributed by atoms with Gasteiger partial charge in [-0.2, -0.15) is 0 Å². The van der Waals surface area contributed by atoms with Gasteiger partial charge in [-0.05, 0) is 0 Å². The van der Waals surface area contributed by atoms with Crippen molar-refractivity contribution in [3.63, 3.8) is 0 Å². The molecule has 0 aliphatic carbocycles. The van der Waals surface area contributed by atoms with Gasteiger partial charge in [0, 0.05) is 0 Å². The summed E-state index contributed by atoms with van der Waals surface area (Å²) in [5, 5.41) is 10.5. The number of carbonyl (C=O) groups excluding carboxylic acids is 1. The van der Waals surface area contributed by atoms with Gasteiger partial charge in [0.2, 0.25) is 0 Å². The Morgan fingerprint density at radius 2 is 1.95 bits per heavy atom. The van der Waals surface area contributed by atoms with Crippen LogP contribution in [0.25, 0.3) is 0 Å². The number of carbonyl (C=O) groups is 1. The van der Waals surface area contributed by atoms with Gasteiger partial charge in [0.05, 0.1) is 0 Å². The average Bonchev–Trinajstić information content (AvgIpc) is 2.45. The van der Waals surface area contributed by atoms with Crippen LogP contribution in [0.2, 0.25) is 0 Å². The fourth-order valence-corrected chi connectivity index (χ4v) is 3.91. The molecule has 0 unspecified atom stereocenters. The number of aromatic hydroxyl groups is 1. The molecule has 20 heavy (non-hydrogen) atoms. The summed E-state index contributed by atoms with van der Waals surface area (Å²) >= 11 is 0.213. The van der Waals surface area contributed by atoms with Gasteiger partial charge in [0.15, 0.2) is 0 Å². The Labute approximate surface area is 124 Å². The molecule has 2 aromatic carbocycles. The molecule has 0 saturated heterocycles. The first kappa shape index (κ1) is 14.6. The van der Waals surface area contributed by atoms with Crippen molar-refractivity contribution in [2.75, 3.05) is 7.11 Å². The molecule has 0 bridgehead atoms. The summed E-state index contributed by atoms with van der Waals surface area (Å²) in [6.07, 6.45) is 0. The van der Waals surface area contributed by atoms with E-state index in [9.17, 15) is 9.90 Å². The third kappa shape index (κ3) is 3.41. The third-order valence-corrected chi connectivity index (χ3v) is 5.15. The van der Waals surface area contributed by atoms with E-state index in [-0.39, 0.29) is 26.7 Å².